The average molecular weight is 270 g/mol. The molecule has 0 aromatic heterocycles. The molecule has 0 aliphatic rings. The molecule has 0 saturated carbocycles. The number of nitrogens with two attached hydrogens (primary N) is 1. The minimum atomic E-state index is 0.872. The van der Waals surface area contributed by atoms with Gasteiger partial charge < -0.3 is 5.73 Å². The highest BCUT2D eigenvalue weighted by atomic mass is 14.5. The van der Waals surface area contributed by atoms with Crippen LogP contribution in [-0.2, 0) is 0 Å². The molecule has 0 atom stereocenters. The van der Waals surface area contributed by atoms with E-state index in [2.05, 4.69) is 13.8 Å². The summed E-state index contributed by atoms with van der Waals surface area (Å²) < 4.78 is 0. The molecule has 0 amide bonds. The maximum atomic E-state index is 5.48. The molecule has 116 valence electrons. The fourth-order valence-electron chi connectivity index (χ4n) is 2.64. The molecular weight excluding hydrogens is 230 g/mol. The molecule has 0 unspecified atom stereocenters. The Bertz CT molecular complexity index is 154. The normalized spacial score (nSPS) is 11.4. The van der Waals surface area contributed by atoms with Gasteiger partial charge in [0.15, 0.2) is 0 Å². The molecule has 1 heteroatoms. The zero-order valence-corrected chi connectivity index (χ0v) is 13.8. The zero-order chi connectivity index (χ0) is 14.2. The van der Waals surface area contributed by atoms with Crippen molar-refractivity contribution in [2.75, 3.05) is 6.54 Å². The Kier molecular flexibility index (Phi) is 16.0. The molecule has 0 aliphatic heterocycles. The summed E-state index contributed by atoms with van der Waals surface area (Å²) in [4.78, 5) is 0. The van der Waals surface area contributed by atoms with Gasteiger partial charge in [0.05, 0.1) is 0 Å². The predicted octanol–water partition coefficient (Wildman–Crippen LogP) is 6.06. The lowest BCUT2D eigenvalue weighted by Gasteiger charge is -2.04. The lowest BCUT2D eigenvalue weighted by molar-refractivity contribution is 0.503. The maximum Gasteiger partial charge on any atom is -0.00773 e. The first kappa shape index (κ1) is 19.0. The second-order valence-electron chi connectivity index (χ2n) is 6.57. The van der Waals surface area contributed by atoms with Gasteiger partial charge in [-0.25, -0.2) is 0 Å². The molecule has 0 rings (SSSR count). The first-order valence-corrected chi connectivity index (χ1v) is 8.97. The van der Waals surface area contributed by atoms with Crippen LogP contribution in [0.2, 0.25) is 0 Å². The smallest absolute Gasteiger partial charge is 0.00773 e. The van der Waals surface area contributed by atoms with Crippen LogP contribution < -0.4 is 5.73 Å². The van der Waals surface area contributed by atoms with Crippen molar-refractivity contribution in [2.24, 2.45) is 11.7 Å². The van der Waals surface area contributed by atoms with Crippen LogP contribution in [0.25, 0.3) is 0 Å². The highest BCUT2D eigenvalue weighted by Gasteiger charge is 1.95. The van der Waals surface area contributed by atoms with Crippen LogP contribution in [0.4, 0.5) is 0 Å². The SMILES string of the molecule is CC(C)CCCCCCCCCCCCCCCN. The summed E-state index contributed by atoms with van der Waals surface area (Å²) in [7, 11) is 0. The largest absolute Gasteiger partial charge is 0.330 e. The van der Waals surface area contributed by atoms with Crippen molar-refractivity contribution in [2.45, 2.75) is 104 Å². The van der Waals surface area contributed by atoms with E-state index in [1.54, 1.807) is 0 Å². The molecule has 0 aromatic carbocycles. The van der Waals surface area contributed by atoms with E-state index >= 15 is 0 Å². The van der Waals surface area contributed by atoms with Gasteiger partial charge in [-0.15, -0.1) is 0 Å². The summed E-state index contributed by atoms with van der Waals surface area (Å²) in [5.41, 5.74) is 5.48. The molecule has 2 N–H and O–H groups in total. The Morgan fingerprint density at radius 1 is 0.526 bits per heavy atom. The standard InChI is InChI=1S/C18H39N/c1-18(2)16-14-12-10-8-6-4-3-5-7-9-11-13-15-17-19/h18H,3-17,19H2,1-2H3. The molecule has 0 heterocycles. The number of hydrogen-bond acceptors (Lipinski definition) is 1. The Labute approximate surface area is 122 Å². The second-order valence-corrected chi connectivity index (χ2v) is 6.57. The van der Waals surface area contributed by atoms with Gasteiger partial charge in [0, 0.05) is 0 Å². The van der Waals surface area contributed by atoms with Crippen LogP contribution in [0.3, 0.4) is 0 Å². The average Bonchev–Trinajstić information content (AvgIpc) is 2.39. The summed E-state index contributed by atoms with van der Waals surface area (Å²) >= 11 is 0. The zero-order valence-electron chi connectivity index (χ0n) is 13.8. The molecule has 0 radical (unpaired) electrons. The van der Waals surface area contributed by atoms with Crippen LogP contribution in [0.1, 0.15) is 104 Å². The summed E-state index contributed by atoms with van der Waals surface area (Å²) in [5, 5.41) is 0. The van der Waals surface area contributed by atoms with Crippen LogP contribution in [0.15, 0.2) is 0 Å². The van der Waals surface area contributed by atoms with E-state index in [1.165, 1.54) is 89.9 Å². The molecule has 0 bridgehead atoms. The van der Waals surface area contributed by atoms with Gasteiger partial charge >= 0.3 is 0 Å². The van der Waals surface area contributed by atoms with Gasteiger partial charge in [-0.2, -0.15) is 0 Å². The van der Waals surface area contributed by atoms with Gasteiger partial charge in [0.25, 0.3) is 0 Å². The van der Waals surface area contributed by atoms with Gasteiger partial charge in [-0.1, -0.05) is 97.3 Å². The lowest BCUT2D eigenvalue weighted by atomic mass is 10.0. The molecular formula is C18H39N. The van der Waals surface area contributed by atoms with E-state index in [-0.39, 0.29) is 0 Å². The van der Waals surface area contributed by atoms with Gasteiger partial charge in [-0.3, -0.25) is 0 Å². The van der Waals surface area contributed by atoms with Crippen molar-refractivity contribution in [3.05, 3.63) is 0 Å². The number of hydrogen-bond donors (Lipinski definition) is 1. The summed E-state index contributed by atoms with van der Waals surface area (Å²) in [5.74, 6) is 0.893. The molecule has 0 spiro atoms. The summed E-state index contributed by atoms with van der Waals surface area (Å²) in [6.45, 7) is 5.53. The van der Waals surface area contributed by atoms with Gasteiger partial charge in [0.2, 0.25) is 0 Å². The van der Waals surface area contributed by atoms with Crippen molar-refractivity contribution < 1.29 is 0 Å². The summed E-state index contributed by atoms with van der Waals surface area (Å²) in [6, 6.07) is 0. The van der Waals surface area contributed by atoms with Crippen molar-refractivity contribution in [3.8, 4) is 0 Å². The van der Waals surface area contributed by atoms with E-state index in [0.717, 1.165) is 12.5 Å². The molecule has 19 heavy (non-hydrogen) atoms. The van der Waals surface area contributed by atoms with Crippen molar-refractivity contribution in [3.63, 3.8) is 0 Å². The Hall–Kier alpha value is -0.0400. The highest BCUT2D eigenvalue weighted by molar-refractivity contribution is 4.50. The first-order valence-electron chi connectivity index (χ1n) is 8.97. The van der Waals surface area contributed by atoms with Crippen LogP contribution >= 0.6 is 0 Å². The number of rotatable bonds is 15. The molecule has 0 aliphatic carbocycles. The van der Waals surface area contributed by atoms with E-state index in [9.17, 15) is 0 Å². The first-order chi connectivity index (χ1) is 9.27. The third-order valence-electron chi connectivity index (χ3n) is 3.99. The van der Waals surface area contributed by atoms with E-state index in [4.69, 9.17) is 5.73 Å². The van der Waals surface area contributed by atoms with E-state index < -0.39 is 0 Å². The van der Waals surface area contributed by atoms with Crippen molar-refractivity contribution in [1.82, 2.24) is 0 Å². The topological polar surface area (TPSA) is 26.0 Å². The maximum absolute atomic E-state index is 5.48. The minimum absolute atomic E-state index is 0.872. The van der Waals surface area contributed by atoms with Gasteiger partial charge in [-0.05, 0) is 18.9 Å². The minimum Gasteiger partial charge on any atom is -0.330 e. The molecule has 0 fully saturated rings. The Morgan fingerprint density at radius 2 is 0.842 bits per heavy atom. The summed E-state index contributed by atoms with van der Waals surface area (Å²) in [6.07, 6.45) is 19.9. The van der Waals surface area contributed by atoms with Crippen LogP contribution in [-0.4, -0.2) is 6.54 Å². The fourth-order valence-corrected chi connectivity index (χ4v) is 2.64. The van der Waals surface area contributed by atoms with E-state index in [1.807, 2.05) is 0 Å². The molecule has 0 aromatic rings. The van der Waals surface area contributed by atoms with Crippen molar-refractivity contribution >= 4 is 0 Å². The fraction of sp³-hybridized carbons (Fsp3) is 1.00. The van der Waals surface area contributed by atoms with Crippen molar-refractivity contribution in [1.29, 1.82) is 0 Å². The van der Waals surface area contributed by atoms with E-state index in [0.29, 0.717) is 0 Å². The quantitative estimate of drug-likeness (QED) is 0.359. The van der Waals surface area contributed by atoms with Gasteiger partial charge in [0.1, 0.15) is 0 Å². The molecule has 1 nitrogen and oxygen atoms in total. The predicted molar refractivity (Wildman–Crippen MR) is 88.5 cm³/mol. The lowest BCUT2D eigenvalue weighted by Crippen LogP contribution is -1.97. The molecule has 0 saturated heterocycles. The Morgan fingerprint density at radius 3 is 1.16 bits per heavy atom. The number of unbranched alkanes of at least 4 members (excludes halogenated alkanes) is 12. The Balaban J connectivity index is 2.91. The third-order valence-corrected chi connectivity index (χ3v) is 3.99. The highest BCUT2D eigenvalue weighted by Crippen LogP contribution is 2.14. The second kappa shape index (κ2) is 16.0. The van der Waals surface area contributed by atoms with Crippen LogP contribution in [0, 0.1) is 5.92 Å². The van der Waals surface area contributed by atoms with Crippen LogP contribution in [0.5, 0.6) is 0 Å². The third kappa shape index (κ3) is 18.0. The monoisotopic (exact) mass is 269 g/mol.